The van der Waals surface area contributed by atoms with Crippen molar-refractivity contribution < 1.29 is 9.34 Å². The van der Waals surface area contributed by atoms with Crippen LogP contribution in [0.15, 0.2) is 45.9 Å². The van der Waals surface area contributed by atoms with Crippen molar-refractivity contribution in [3.05, 3.63) is 52.3 Å². The van der Waals surface area contributed by atoms with E-state index in [-0.39, 0.29) is 5.69 Å². The third-order valence-electron chi connectivity index (χ3n) is 5.74. The predicted octanol–water partition coefficient (Wildman–Crippen LogP) is 3.69. The number of benzene rings is 1. The van der Waals surface area contributed by atoms with Crippen LogP contribution >= 0.6 is 0 Å². The van der Waals surface area contributed by atoms with Crippen molar-refractivity contribution >= 4 is 29.7 Å². The average Bonchev–Trinajstić information content (AvgIpc) is 3.62. The van der Waals surface area contributed by atoms with E-state index in [4.69, 9.17) is 9.40 Å². The SMILES string of the molecule is O=[N+]([O-])c1ccc(-c2ccc(C=NNc3nc(N4CCCC4)nc(N4CCCC4)n3)o2)cc1. The van der Waals surface area contributed by atoms with Gasteiger partial charge in [0.2, 0.25) is 17.8 Å². The van der Waals surface area contributed by atoms with Crippen LogP contribution in [0.2, 0.25) is 0 Å². The number of nitrogens with one attached hydrogen (secondary N) is 1. The molecular formula is C22H24N8O3. The van der Waals surface area contributed by atoms with E-state index in [0.29, 0.717) is 29.4 Å². The molecule has 11 heteroatoms. The fourth-order valence-corrected chi connectivity index (χ4v) is 4.00. The third-order valence-corrected chi connectivity index (χ3v) is 5.74. The second kappa shape index (κ2) is 9.23. The Morgan fingerprint density at radius 2 is 1.52 bits per heavy atom. The maximum atomic E-state index is 10.8. The standard InChI is InChI=1S/C22H24N8O3/c31-30(32)17-7-5-16(6-8-17)19-10-9-18(33-19)15-23-27-20-24-21(28-11-1-2-12-28)26-22(25-20)29-13-3-4-14-29/h5-10,15H,1-4,11-14H2,(H,24,25,26,27). The molecule has 5 rings (SSSR count). The number of aromatic nitrogens is 3. The molecule has 0 bridgehead atoms. The summed E-state index contributed by atoms with van der Waals surface area (Å²) in [5, 5.41) is 15.1. The molecule has 0 aliphatic carbocycles. The number of furan rings is 1. The Balaban J connectivity index is 1.30. The minimum atomic E-state index is -0.429. The number of hydrazone groups is 1. The number of nitrogens with zero attached hydrogens (tertiary/aromatic N) is 7. The van der Waals surface area contributed by atoms with Crippen LogP contribution in [-0.4, -0.2) is 52.3 Å². The maximum absolute atomic E-state index is 10.8. The average molecular weight is 448 g/mol. The molecule has 1 aromatic carbocycles. The van der Waals surface area contributed by atoms with Crippen molar-refractivity contribution in [1.29, 1.82) is 0 Å². The van der Waals surface area contributed by atoms with Gasteiger partial charge in [-0.2, -0.15) is 20.1 Å². The van der Waals surface area contributed by atoms with Crippen LogP contribution in [-0.2, 0) is 0 Å². The van der Waals surface area contributed by atoms with Crippen LogP contribution in [0.4, 0.5) is 23.5 Å². The van der Waals surface area contributed by atoms with Gasteiger partial charge in [0, 0.05) is 43.9 Å². The van der Waals surface area contributed by atoms with Gasteiger partial charge in [0.05, 0.1) is 11.1 Å². The highest BCUT2D eigenvalue weighted by Crippen LogP contribution is 2.25. The number of hydrogen-bond acceptors (Lipinski definition) is 10. The van der Waals surface area contributed by atoms with Gasteiger partial charge < -0.3 is 14.2 Å². The smallest absolute Gasteiger partial charge is 0.269 e. The number of non-ortho nitro benzene ring substituents is 1. The normalized spacial score (nSPS) is 16.1. The number of nitro benzene ring substituents is 1. The molecule has 1 N–H and O–H groups in total. The van der Waals surface area contributed by atoms with Crippen LogP contribution in [0.3, 0.4) is 0 Å². The summed E-state index contributed by atoms with van der Waals surface area (Å²) in [6.45, 7) is 3.79. The Morgan fingerprint density at radius 1 is 0.909 bits per heavy atom. The van der Waals surface area contributed by atoms with Crippen LogP contribution in [0, 0.1) is 10.1 Å². The maximum Gasteiger partial charge on any atom is 0.269 e. The van der Waals surface area contributed by atoms with Crippen molar-refractivity contribution in [2.24, 2.45) is 5.10 Å². The van der Waals surface area contributed by atoms with E-state index in [1.165, 1.54) is 12.1 Å². The van der Waals surface area contributed by atoms with Gasteiger partial charge >= 0.3 is 0 Å². The molecule has 170 valence electrons. The highest BCUT2D eigenvalue weighted by Gasteiger charge is 2.21. The molecule has 2 saturated heterocycles. The second-order valence-electron chi connectivity index (χ2n) is 8.02. The molecule has 11 nitrogen and oxygen atoms in total. The Morgan fingerprint density at radius 3 is 2.09 bits per heavy atom. The first-order chi connectivity index (χ1) is 16.2. The molecule has 0 radical (unpaired) electrons. The summed E-state index contributed by atoms with van der Waals surface area (Å²) in [5.41, 5.74) is 3.69. The van der Waals surface area contributed by atoms with Crippen LogP contribution in [0.1, 0.15) is 31.4 Å². The molecule has 33 heavy (non-hydrogen) atoms. The highest BCUT2D eigenvalue weighted by atomic mass is 16.6. The first-order valence-electron chi connectivity index (χ1n) is 11.1. The Labute approximate surface area is 190 Å². The molecule has 2 aliphatic rings. The van der Waals surface area contributed by atoms with Gasteiger partial charge in [-0.25, -0.2) is 5.43 Å². The fourth-order valence-electron chi connectivity index (χ4n) is 4.00. The van der Waals surface area contributed by atoms with Crippen molar-refractivity contribution in [2.45, 2.75) is 25.7 Å². The van der Waals surface area contributed by atoms with Gasteiger partial charge in [-0.1, -0.05) is 0 Å². The van der Waals surface area contributed by atoms with Crippen molar-refractivity contribution in [3.8, 4) is 11.3 Å². The summed E-state index contributed by atoms with van der Waals surface area (Å²) in [6, 6.07) is 9.78. The van der Waals surface area contributed by atoms with E-state index in [0.717, 1.165) is 57.4 Å². The summed E-state index contributed by atoms with van der Waals surface area (Å²) in [4.78, 5) is 28.6. The van der Waals surface area contributed by atoms with Crippen molar-refractivity contribution in [2.75, 3.05) is 41.4 Å². The van der Waals surface area contributed by atoms with Gasteiger partial charge in [0.1, 0.15) is 11.5 Å². The molecule has 2 aromatic heterocycles. The largest absolute Gasteiger partial charge is 0.455 e. The number of rotatable bonds is 7. The first-order valence-corrected chi connectivity index (χ1v) is 11.1. The second-order valence-corrected chi connectivity index (χ2v) is 8.02. The van der Waals surface area contributed by atoms with Crippen molar-refractivity contribution in [1.82, 2.24) is 15.0 Å². The molecule has 3 aromatic rings. The lowest BCUT2D eigenvalue weighted by Crippen LogP contribution is -2.25. The van der Waals surface area contributed by atoms with E-state index in [1.807, 2.05) is 0 Å². The molecule has 0 spiro atoms. The minimum Gasteiger partial charge on any atom is -0.455 e. The monoisotopic (exact) mass is 448 g/mol. The molecule has 0 atom stereocenters. The fraction of sp³-hybridized carbons (Fsp3) is 0.364. The van der Waals surface area contributed by atoms with E-state index in [1.54, 1.807) is 30.5 Å². The lowest BCUT2D eigenvalue weighted by molar-refractivity contribution is -0.384. The molecule has 2 aliphatic heterocycles. The highest BCUT2D eigenvalue weighted by molar-refractivity contribution is 5.78. The number of anilines is 3. The minimum absolute atomic E-state index is 0.0373. The summed E-state index contributed by atoms with van der Waals surface area (Å²) < 4.78 is 5.79. The van der Waals surface area contributed by atoms with Gasteiger partial charge in [-0.05, 0) is 49.9 Å². The van der Waals surface area contributed by atoms with Crippen LogP contribution < -0.4 is 15.2 Å². The van der Waals surface area contributed by atoms with Gasteiger partial charge in [-0.15, -0.1) is 0 Å². The zero-order valence-corrected chi connectivity index (χ0v) is 18.1. The summed E-state index contributed by atoms with van der Waals surface area (Å²) in [7, 11) is 0. The van der Waals surface area contributed by atoms with E-state index < -0.39 is 4.92 Å². The molecular weight excluding hydrogens is 424 g/mol. The van der Waals surface area contributed by atoms with E-state index in [9.17, 15) is 10.1 Å². The molecule has 4 heterocycles. The molecule has 2 fully saturated rings. The number of hydrogen-bond donors (Lipinski definition) is 1. The first kappa shape index (κ1) is 20.9. The zero-order chi connectivity index (χ0) is 22.6. The van der Waals surface area contributed by atoms with Gasteiger partial charge in [-0.3, -0.25) is 10.1 Å². The van der Waals surface area contributed by atoms with Crippen LogP contribution in [0.25, 0.3) is 11.3 Å². The van der Waals surface area contributed by atoms with Gasteiger partial charge in [0.15, 0.2) is 0 Å². The lowest BCUT2D eigenvalue weighted by Gasteiger charge is -2.20. The Hall–Kier alpha value is -4.02. The summed E-state index contributed by atoms with van der Waals surface area (Å²) in [5.74, 6) is 2.89. The van der Waals surface area contributed by atoms with Crippen molar-refractivity contribution in [3.63, 3.8) is 0 Å². The third kappa shape index (κ3) is 4.76. The molecule has 0 saturated carbocycles. The van der Waals surface area contributed by atoms with Crippen LogP contribution in [0.5, 0.6) is 0 Å². The van der Waals surface area contributed by atoms with Gasteiger partial charge in [0.25, 0.3) is 5.69 Å². The topological polar surface area (TPSA) is 126 Å². The molecule has 0 amide bonds. The Bertz CT molecular complexity index is 1110. The summed E-state index contributed by atoms with van der Waals surface area (Å²) in [6.07, 6.45) is 6.11. The number of nitro groups is 1. The summed E-state index contributed by atoms with van der Waals surface area (Å²) >= 11 is 0. The molecule has 0 unspecified atom stereocenters. The lowest BCUT2D eigenvalue weighted by atomic mass is 10.1. The van der Waals surface area contributed by atoms with E-state index in [2.05, 4.69) is 30.3 Å². The Kier molecular flexibility index (Phi) is 5.83. The quantitative estimate of drug-likeness (QED) is 0.327. The van der Waals surface area contributed by atoms with E-state index >= 15 is 0 Å². The predicted molar refractivity (Wildman–Crippen MR) is 125 cm³/mol. The zero-order valence-electron chi connectivity index (χ0n) is 18.1.